The van der Waals surface area contributed by atoms with E-state index in [1.807, 2.05) is 12.1 Å². The lowest BCUT2D eigenvalue weighted by molar-refractivity contribution is 0.235. The summed E-state index contributed by atoms with van der Waals surface area (Å²) in [7, 11) is 0. The van der Waals surface area contributed by atoms with E-state index in [4.69, 9.17) is 33.2 Å². The van der Waals surface area contributed by atoms with E-state index in [-0.39, 0.29) is 5.41 Å². The quantitative estimate of drug-likeness (QED) is 0.753. The van der Waals surface area contributed by atoms with Crippen LogP contribution in [-0.4, -0.2) is 6.61 Å². The van der Waals surface area contributed by atoms with Gasteiger partial charge in [0, 0.05) is 17.4 Å². The highest BCUT2D eigenvalue weighted by atomic mass is 35.5. The predicted octanol–water partition coefficient (Wildman–Crippen LogP) is 4.15. The average Bonchev–Trinajstić information content (AvgIpc) is 3.08. The minimum Gasteiger partial charge on any atom is -0.491 e. The van der Waals surface area contributed by atoms with E-state index in [1.165, 1.54) is 0 Å². The van der Waals surface area contributed by atoms with Crippen LogP contribution in [0.15, 0.2) is 18.2 Å². The monoisotopic (exact) mass is 269 g/mol. The number of halogens is 2. The zero-order valence-electron chi connectivity index (χ0n) is 9.38. The molecule has 0 spiro atoms. The first-order valence-electron chi connectivity index (χ1n) is 5.54. The summed E-state index contributed by atoms with van der Waals surface area (Å²) in [6.07, 6.45) is 2.66. The highest BCUT2D eigenvalue weighted by molar-refractivity contribution is 6.32. The molecule has 1 aromatic carbocycles. The standard InChI is InChI=1S/C13H13Cl2NO/c14-8-10-2-1-3-11(15)12(10)17-9-13(4-5-13)6-7-16/h1-3H,4-6,8-9H2. The summed E-state index contributed by atoms with van der Waals surface area (Å²) >= 11 is 11.9. The molecule has 1 saturated carbocycles. The van der Waals surface area contributed by atoms with Crippen LogP contribution in [0.3, 0.4) is 0 Å². The normalized spacial score (nSPS) is 16.3. The van der Waals surface area contributed by atoms with E-state index in [2.05, 4.69) is 6.07 Å². The van der Waals surface area contributed by atoms with Crippen LogP contribution in [0.5, 0.6) is 5.75 Å². The molecule has 0 bridgehead atoms. The molecule has 0 radical (unpaired) electrons. The second kappa shape index (κ2) is 5.16. The van der Waals surface area contributed by atoms with Crippen molar-refractivity contribution in [2.75, 3.05) is 6.61 Å². The fourth-order valence-corrected chi connectivity index (χ4v) is 2.22. The molecule has 0 heterocycles. The van der Waals surface area contributed by atoms with Crippen molar-refractivity contribution in [3.05, 3.63) is 28.8 Å². The number of alkyl halides is 1. The van der Waals surface area contributed by atoms with E-state index in [9.17, 15) is 0 Å². The molecule has 0 amide bonds. The fourth-order valence-electron chi connectivity index (χ4n) is 1.76. The van der Waals surface area contributed by atoms with Crippen molar-refractivity contribution >= 4 is 23.2 Å². The summed E-state index contributed by atoms with van der Waals surface area (Å²) in [6.45, 7) is 0.550. The van der Waals surface area contributed by atoms with Gasteiger partial charge in [0.1, 0.15) is 5.75 Å². The summed E-state index contributed by atoms with van der Waals surface area (Å²) in [4.78, 5) is 0. The number of nitrogens with zero attached hydrogens (tertiary/aromatic N) is 1. The Hall–Kier alpha value is -0.910. The molecular formula is C13H13Cl2NO. The zero-order valence-corrected chi connectivity index (χ0v) is 10.9. The molecule has 1 aliphatic carbocycles. The molecule has 0 unspecified atom stereocenters. The van der Waals surface area contributed by atoms with Crippen molar-refractivity contribution < 1.29 is 4.74 Å². The van der Waals surface area contributed by atoms with Crippen molar-refractivity contribution in [2.45, 2.75) is 25.1 Å². The molecule has 4 heteroatoms. The van der Waals surface area contributed by atoms with Gasteiger partial charge in [-0.05, 0) is 18.9 Å². The van der Waals surface area contributed by atoms with Gasteiger partial charge in [-0.15, -0.1) is 11.6 Å². The Labute approximate surface area is 111 Å². The molecule has 17 heavy (non-hydrogen) atoms. The van der Waals surface area contributed by atoms with Crippen molar-refractivity contribution in [2.24, 2.45) is 5.41 Å². The third-order valence-electron chi connectivity index (χ3n) is 3.13. The van der Waals surface area contributed by atoms with E-state index >= 15 is 0 Å². The van der Waals surface area contributed by atoms with Crippen LogP contribution in [0, 0.1) is 16.7 Å². The van der Waals surface area contributed by atoms with Crippen LogP contribution in [0.2, 0.25) is 5.02 Å². The predicted molar refractivity (Wildman–Crippen MR) is 68.4 cm³/mol. The fraction of sp³-hybridized carbons (Fsp3) is 0.462. The van der Waals surface area contributed by atoms with Crippen LogP contribution >= 0.6 is 23.2 Å². The Morgan fingerprint density at radius 3 is 2.76 bits per heavy atom. The number of para-hydroxylation sites is 1. The first-order chi connectivity index (χ1) is 8.21. The second-order valence-electron chi connectivity index (χ2n) is 4.49. The van der Waals surface area contributed by atoms with Gasteiger partial charge in [-0.2, -0.15) is 5.26 Å². The third-order valence-corrected chi connectivity index (χ3v) is 3.71. The average molecular weight is 270 g/mol. The van der Waals surface area contributed by atoms with E-state index < -0.39 is 0 Å². The van der Waals surface area contributed by atoms with Gasteiger partial charge in [-0.3, -0.25) is 0 Å². The van der Waals surface area contributed by atoms with E-state index in [0.717, 1.165) is 18.4 Å². The lowest BCUT2D eigenvalue weighted by atomic mass is 10.1. The van der Waals surface area contributed by atoms with Crippen LogP contribution in [-0.2, 0) is 5.88 Å². The number of hydrogen-bond donors (Lipinski definition) is 0. The van der Waals surface area contributed by atoms with Gasteiger partial charge < -0.3 is 4.74 Å². The highest BCUT2D eigenvalue weighted by Crippen LogP contribution is 2.49. The zero-order chi connectivity index (χ0) is 12.3. The van der Waals surface area contributed by atoms with Gasteiger partial charge in [-0.1, -0.05) is 23.7 Å². The molecule has 1 fully saturated rings. The maximum Gasteiger partial charge on any atom is 0.142 e. The van der Waals surface area contributed by atoms with Crippen molar-refractivity contribution in [1.29, 1.82) is 5.26 Å². The summed E-state index contributed by atoms with van der Waals surface area (Å²) in [5.41, 5.74) is 0.948. The summed E-state index contributed by atoms with van der Waals surface area (Å²) in [5.74, 6) is 1.04. The molecule has 0 aromatic heterocycles. The van der Waals surface area contributed by atoms with Crippen molar-refractivity contribution in [1.82, 2.24) is 0 Å². The Kier molecular flexibility index (Phi) is 3.81. The van der Waals surface area contributed by atoms with Crippen LogP contribution in [0.1, 0.15) is 24.8 Å². The Morgan fingerprint density at radius 1 is 1.41 bits per heavy atom. The number of hydrogen-bond acceptors (Lipinski definition) is 2. The molecule has 0 aliphatic heterocycles. The second-order valence-corrected chi connectivity index (χ2v) is 5.16. The number of benzene rings is 1. The molecule has 0 saturated heterocycles. The maximum absolute atomic E-state index is 8.74. The lowest BCUT2D eigenvalue weighted by Crippen LogP contribution is -2.13. The summed E-state index contributed by atoms with van der Waals surface area (Å²) in [6, 6.07) is 7.76. The van der Waals surface area contributed by atoms with Crippen LogP contribution < -0.4 is 4.74 Å². The lowest BCUT2D eigenvalue weighted by Gasteiger charge is -2.16. The number of rotatable bonds is 5. The smallest absolute Gasteiger partial charge is 0.142 e. The largest absolute Gasteiger partial charge is 0.491 e. The van der Waals surface area contributed by atoms with Gasteiger partial charge in [-0.25, -0.2) is 0 Å². The highest BCUT2D eigenvalue weighted by Gasteiger charge is 2.43. The molecule has 0 N–H and O–H groups in total. The number of nitriles is 1. The third kappa shape index (κ3) is 2.86. The molecule has 1 aromatic rings. The van der Waals surface area contributed by atoms with E-state index in [0.29, 0.717) is 29.7 Å². The van der Waals surface area contributed by atoms with Gasteiger partial charge in [0.05, 0.1) is 23.6 Å². The minimum atomic E-state index is 0.0531. The molecule has 1 aliphatic rings. The van der Waals surface area contributed by atoms with Gasteiger partial charge in [0.2, 0.25) is 0 Å². The van der Waals surface area contributed by atoms with Crippen molar-refractivity contribution in [3.63, 3.8) is 0 Å². The van der Waals surface area contributed by atoms with Gasteiger partial charge in [0.15, 0.2) is 0 Å². The first-order valence-corrected chi connectivity index (χ1v) is 6.45. The topological polar surface area (TPSA) is 33.0 Å². The molecule has 0 atom stereocenters. The van der Waals surface area contributed by atoms with Crippen molar-refractivity contribution in [3.8, 4) is 11.8 Å². The Balaban J connectivity index is 2.07. The van der Waals surface area contributed by atoms with Gasteiger partial charge in [0.25, 0.3) is 0 Å². The summed E-state index contributed by atoms with van der Waals surface area (Å²) < 4.78 is 5.77. The molecule has 90 valence electrons. The number of ether oxygens (including phenoxy) is 1. The van der Waals surface area contributed by atoms with Crippen LogP contribution in [0.4, 0.5) is 0 Å². The maximum atomic E-state index is 8.74. The molecule has 2 nitrogen and oxygen atoms in total. The van der Waals surface area contributed by atoms with E-state index in [1.54, 1.807) is 6.07 Å². The van der Waals surface area contributed by atoms with Gasteiger partial charge >= 0.3 is 0 Å². The summed E-state index contributed by atoms with van der Waals surface area (Å²) in [5, 5.41) is 9.32. The Bertz CT molecular complexity index is 449. The minimum absolute atomic E-state index is 0.0531. The molecular weight excluding hydrogens is 257 g/mol. The first kappa shape index (κ1) is 12.5. The SMILES string of the molecule is N#CCC1(COc2c(Cl)cccc2CCl)CC1. The molecule has 2 rings (SSSR count). The Morgan fingerprint density at radius 2 is 2.18 bits per heavy atom. The van der Waals surface area contributed by atoms with Crippen LogP contribution in [0.25, 0.3) is 0 Å².